The molecule has 0 spiro atoms. The molecule has 2 amide bonds. The maximum absolute atomic E-state index is 12.8. The van der Waals surface area contributed by atoms with Crippen molar-refractivity contribution < 1.29 is 9.59 Å². The van der Waals surface area contributed by atoms with E-state index in [9.17, 15) is 9.59 Å². The monoisotopic (exact) mass is 486 g/mol. The van der Waals surface area contributed by atoms with Gasteiger partial charge in [0.2, 0.25) is 0 Å². The fourth-order valence-electron chi connectivity index (χ4n) is 4.50. The second-order valence-corrected chi connectivity index (χ2v) is 9.45. The highest BCUT2D eigenvalue weighted by Crippen LogP contribution is 2.23. The van der Waals surface area contributed by atoms with Crippen LogP contribution < -0.4 is 10.6 Å². The molecule has 0 bridgehead atoms. The number of carbonyl (C=O) groups is 2. The zero-order valence-corrected chi connectivity index (χ0v) is 20.1. The van der Waals surface area contributed by atoms with Crippen molar-refractivity contribution in [3.63, 3.8) is 0 Å². The molecule has 178 valence electrons. The van der Waals surface area contributed by atoms with Gasteiger partial charge in [0.25, 0.3) is 11.8 Å². The van der Waals surface area contributed by atoms with Crippen LogP contribution in [0.15, 0.2) is 66.7 Å². The van der Waals surface area contributed by atoms with Crippen LogP contribution in [-0.4, -0.2) is 27.8 Å². The zero-order valence-electron chi connectivity index (χ0n) is 19.3. The molecule has 1 aliphatic carbocycles. The number of amides is 2. The van der Waals surface area contributed by atoms with Crippen LogP contribution in [0.2, 0.25) is 5.02 Å². The molecule has 35 heavy (non-hydrogen) atoms. The molecule has 1 aliphatic rings. The van der Waals surface area contributed by atoms with Crippen LogP contribution in [0.25, 0.3) is 22.4 Å². The average molecular weight is 487 g/mol. The average Bonchev–Trinajstić information content (AvgIpc) is 3.14. The van der Waals surface area contributed by atoms with E-state index in [1.807, 2.05) is 30.3 Å². The molecule has 5 rings (SSSR count). The summed E-state index contributed by atoms with van der Waals surface area (Å²) in [6.45, 7) is 0. The van der Waals surface area contributed by atoms with E-state index in [0.717, 1.165) is 29.4 Å². The number of hydrogen-bond donors (Lipinski definition) is 3. The van der Waals surface area contributed by atoms with Crippen molar-refractivity contribution in [3.8, 4) is 11.4 Å². The number of fused-ring (bicyclic) bond motifs is 1. The van der Waals surface area contributed by atoms with Crippen LogP contribution in [0, 0.1) is 0 Å². The van der Waals surface area contributed by atoms with Crippen LogP contribution >= 0.6 is 11.6 Å². The Morgan fingerprint density at radius 3 is 2.23 bits per heavy atom. The van der Waals surface area contributed by atoms with Gasteiger partial charge in [-0.2, -0.15) is 0 Å². The minimum Gasteiger partial charge on any atom is -0.349 e. The van der Waals surface area contributed by atoms with Gasteiger partial charge in [0.05, 0.1) is 11.0 Å². The number of rotatable bonds is 5. The first kappa shape index (κ1) is 23.1. The molecule has 3 N–H and O–H groups in total. The SMILES string of the molecule is O=C(Nc1ccc(Cl)cc1)c1ccc(-c2nc3ccc(C(=O)NC4CCCCCC4)cc3[nH]2)cc1. The Morgan fingerprint density at radius 2 is 1.51 bits per heavy atom. The Labute approximate surface area is 209 Å². The van der Waals surface area contributed by atoms with Crippen molar-refractivity contribution in [1.29, 1.82) is 0 Å². The smallest absolute Gasteiger partial charge is 0.255 e. The lowest BCUT2D eigenvalue weighted by Crippen LogP contribution is -2.34. The lowest BCUT2D eigenvalue weighted by atomic mass is 10.1. The Balaban J connectivity index is 1.28. The number of aromatic amines is 1. The van der Waals surface area contributed by atoms with Gasteiger partial charge in [-0.05, 0) is 67.4 Å². The third kappa shape index (κ3) is 5.54. The van der Waals surface area contributed by atoms with Gasteiger partial charge in [0.15, 0.2) is 0 Å². The Hall–Kier alpha value is -3.64. The second kappa shape index (κ2) is 10.3. The van der Waals surface area contributed by atoms with E-state index >= 15 is 0 Å². The summed E-state index contributed by atoms with van der Waals surface area (Å²) in [6, 6.07) is 20.0. The largest absolute Gasteiger partial charge is 0.349 e. The third-order valence-corrected chi connectivity index (χ3v) is 6.71. The zero-order chi connectivity index (χ0) is 24.2. The van der Waals surface area contributed by atoms with Gasteiger partial charge in [-0.3, -0.25) is 9.59 Å². The lowest BCUT2D eigenvalue weighted by molar-refractivity contribution is 0.0932. The molecule has 0 atom stereocenters. The summed E-state index contributed by atoms with van der Waals surface area (Å²) in [7, 11) is 0. The highest BCUT2D eigenvalue weighted by Gasteiger charge is 2.17. The minimum absolute atomic E-state index is 0.0361. The van der Waals surface area contributed by atoms with E-state index in [4.69, 9.17) is 11.6 Å². The van der Waals surface area contributed by atoms with E-state index in [1.54, 1.807) is 36.4 Å². The predicted molar refractivity (Wildman–Crippen MR) is 140 cm³/mol. The molecule has 1 heterocycles. The van der Waals surface area contributed by atoms with Gasteiger partial charge in [0, 0.05) is 33.4 Å². The Kier molecular flexibility index (Phi) is 6.82. The van der Waals surface area contributed by atoms with Gasteiger partial charge in [-0.25, -0.2) is 4.98 Å². The Morgan fingerprint density at radius 1 is 0.829 bits per heavy atom. The maximum Gasteiger partial charge on any atom is 0.255 e. The number of carbonyl (C=O) groups excluding carboxylic acids is 2. The van der Waals surface area contributed by atoms with E-state index in [2.05, 4.69) is 20.6 Å². The molecule has 7 heteroatoms. The maximum atomic E-state index is 12.8. The number of anilines is 1. The lowest BCUT2D eigenvalue weighted by Gasteiger charge is -2.16. The van der Waals surface area contributed by atoms with Crippen LogP contribution in [0.4, 0.5) is 5.69 Å². The van der Waals surface area contributed by atoms with E-state index in [0.29, 0.717) is 27.7 Å². The van der Waals surface area contributed by atoms with Crippen LogP contribution in [0.1, 0.15) is 59.2 Å². The molecule has 4 aromatic rings. The summed E-state index contributed by atoms with van der Waals surface area (Å²) < 4.78 is 0. The van der Waals surface area contributed by atoms with Crippen LogP contribution in [0.3, 0.4) is 0 Å². The molecule has 0 aliphatic heterocycles. The summed E-state index contributed by atoms with van der Waals surface area (Å²) in [4.78, 5) is 33.3. The molecule has 1 fully saturated rings. The number of H-pyrrole nitrogens is 1. The van der Waals surface area contributed by atoms with Crippen molar-refractivity contribution in [3.05, 3.63) is 82.9 Å². The molecule has 0 radical (unpaired) electrons. The normalized spacial score (nSPS) is 14.4. The number of nitrogens with one attached hydrogen (secondary N) is 3. The summed E-state index contributed by atoms with van der Waals surface area (Å²) in [5.41, 5.74) is 4.30. The first-order chi connectivity index (χ1) is 17.0. The highest BCUT2D eigenvalue weighted by molar-refractivity contribution is 6.30. The number of imidazole rings is 1. The number of nitrogens with zero attached hydrogens (tertiary/aromatic N) is 1. The second-order valence-electron chi connectivity index (χ2n) is 9.02. The van der Waals surface area contributed by atoms with Crippen molar-refractivity contribution >= 4 is 40.1 Å². The molecular formula is C28H27ClN4O2. The molecule has 1 saturated carbocycles. The van der Waals surface area contributed by atoms with Gasteiger partial charge in [0.1, 0.15) is 5.82 Å². The van der Waals surface area contributed by atoms with Crippen molar-refractivity contribution in [2.24, 2.45) is 0 Å². The minimum atomic E-state index is -0.201. The van der Waals surface area contributed by atoms with Gasteiger partial charge >= 0.3 is 0 Å². The van der Waals surface area contributed by atoms with E-state index in [1.165, 1.54) is 25.7 Å². The van der Waals surface area contributed by atoms with Gasteiger partial charge in [-0.15, -0.1) is 0 Å². The number of aromatic nitrogens is 2. The fourth-order valence-corrected chi connectivity index (χ4v) is 4.62. The molecule has 0 saturated heterocycles. The summed E-state index contributed by atoms with van der Waals surface area (Å²) in [6.07, 6.45) is 6.96. The van der Waals surface area contributed by atoms with Crippen LogP contribution in [0.5, 0.6) is 0 Å². The van der Waals surface area contributed by atoms with Crippen molar-refractivity contribution in [2.75, 3.05) is 5.32 Å². The number of benzene rings is 3. The van der Waals surface area contributed by atoms with Crippen molar-refractivity contribution in [2.45, 2.75) is 44.6 Å². The topological polar surface area (TPSA) is 86.9 Å². The first-order valence-electron chi connectivity index (χ1n) is 12.0. The first-order valence-corrected chi connectivity index (χ1v) is 12.4. The quantitative estimate of drug-likeness (QED) is 0.278. The summed E-state index contributed by atoms with van der Waals surface area (Å²) in [5, 5.41) is 6.67. The van der Waals surface area contributed by atoms with Crippen molar-refractivity contribution in [1.82, 2.24) is 15.3 Å². The molecule has 3 aromatic carbocycles. The van der Waals surface area contributed by atoms with E-state index < -0.39 is 0 Å². The number of halogens is 1. The standard InChI is InChI=1S/C28H27ClN4O2/c29-21-12-14-23(15-13-21)31-27(34)19-9-7-18(8-10-19)26-32-24-16-11-20(17-25(24)33-26)28(35)30-22-5-3-1-2-4-6-22/h7-17,22H,1-6H2,(H,30,35)(H,31,34)(H,32,33). The summed E-state index contributed by atoms with van der Waals surface area (Å²) >= 11 is 5.90. The molecule has 6 nitrogen and oxygen atoms in total. The highest BCUT2D eigenvalue weighted by atomic mass is 35.5. The van der Waals surface area contributed by atoms with E-state index in [-0.39, 0.29) is 17.9 Å². The Bertz CT molecular complexity index is 1340. The number of hydrogen-bond acceptors (Lipinski definition) is 3. The summed E-state index contributed by atoms with van der Waals surface area (Å²) in [5.74, 6) is 0.449. The fraction of sp³-hybridized carbons (Fsp3) is 0.250. The molecular weight excluding hydrogens is 460 g/mol. The van der Waals surface area contributed by atoms with Gasteiger partial charge < -0.3 is 15.6 Å². The third-order valence-electron chi connectivity index (χ3n) is 6.46. The molecule has 1 aromatic heterocycles. The predicted octanol–water partition coefficient (Wildman–Crippen LogP) is 6.59. The molecule has 0 unspecified atom stereocenters. The van der Waals surface area contributed by atoms with Crippen LogP contribution in [-0.2, 0) is 0 Å². The van der Waals surface area contributed by atoms with Gasteiger partial charge in [-0.1, -0.05) is 49.4 Å².